The minimum Gasteiger partial charge on any atom is -0.463 e. The predicted octanol–water partition coefficient (Wildman–Crippen LogP) is 3.97. The van der Waals surface area contributed by atoms with E-state index in [1.807, 2.05) is 48.5 Å². The Morgan fingerprint density at radius 1 is 1.11 bits per heavy atom. The molecule has 2 aliphatic rings. The van der Waals surface area contributed by atoms with Crippen LogP contribution in [0.3, 0.4) is 0 Å². The topological polar surface area (TPSA) is 61.8 Å². The van der Waals surface area contributed by atoms with Gasteiger partial charge < -0.3 is 14.2 Å². The highest BCUT2D eigenvalue weighted by atomic mass is 16.5. The number of carbonyl (C=O) groups is 2. The van der Waals surface area contributed by atoms with Gasteiger partial charge in [-0.15, -0.1) is 0 Å². The van der Waals surface area contributed by atoms with Crippen LogP contribution in [-0.2, 0) is 19.1 Å². The van der Waals surface area contributed by atoms with Gasteiger partial charge in [-0.25, -0.2) is 9.59 Å². The minimum atomic E-state index is -0.463. The molecule has 0 N–H and O–H groups in total. The Balaban J connectivity index is 1.86. The summed E-state index contributed by atoms with van der Waals surface area (Å²) in [5.74, 6) is 0.295. The largest absolute Gasteiger partial charge is 0.463 e. The zero-order chi connectivity index (χ0) is 18.8. The maximum Gasteiger partial charge on any atom is 0.343 e. The molecule has 136 valence electrons. The Hall–Kier alpha value is -3.34. The highest BCUT2D eigenvalue weighted by Crippen LogP contribution is 2.48. The van der Waals surface area contributed by atoms with Crippen molar-refractivity contribution >= 4 is 17.7 Å². The number of carbonyl (C=O) groups excluding carboxylic acids is 2. The van der Waals surface area contributed by atoms with E-state index in [2.05, 4.69) is 0 Å². The summed E-state index contributed by atoms with van der Waals surface area (Å²) >= 11 is 0. The van der Waals surface area contributed by atoms with Crippen LogP contribution in [0.2, 0.25) is 0 Å². The lowest BCUT2D eigenvalue weighted by molar-refractivity contribution is -0.137. The van der Waals surface area contributed by atoms with Gasteiger partial charge in [-0.1, -0.05) is 48.5 Å². The van der Waals surface area contributed by atoms with E-state index in [1.54, 1.807) is 13.0 Å². The highest BCUT2D eigenvalue weighted by molar-refractivity contribution is 6.01. The normalized spacial score (nSPS) is 19.7. The van der Waals surface area contributed by atoms with Crippen LogP contribution in [0.15, 0.2) is 72.0 Å². The number of para-hydroxylation sites is 1. The van der Waals surface area contributed by atoms with Crippen LogP contribution in [0.25, 0.3) is 5.76 Å². The van der Waals surface area contributed by atoms with Crippen molar-refractivity contribution in [1.29, 1.82) is 0 Å². The third-order valence-corrected chi connectivity index (χ3v) is 4.55. The molecule has 1 atom stereocenters. The summed E-state index contributed by atoms with van der Waals surface area (Å²) in [5, 5.41) is 0. The second-order valence-corrected chi connectivity index (χ2v) is 6.26. The third kappa shape index (κ3) is 3.24. The fourth-order valence-corrected chi connectivity index (χ4v) is 3.41. The fourth-order valence-electron chi connectivity index (χ4n) is 3.41. The third-order valence-electron chi connectivity index (χ3n) is 4.55. The molecular weight excluding hydrogens is 344 g/mol. The number of allylic oxidation sites excluding steroid dienone is 1. The maximum atomic E-state index is 12.7. The quantitative estimate of drug-likeness (QED) is 0.470. The van der Waals surface area contributed by atoms with Gasteiger partial charge in [0.1, 0.15) is 17.3 Å². The lowest BCUT2D eigenvalue weighted by atomic mass is 9.82. The van der Waals surface area contributed by atoms with Gasteiger partial charge in [-0.2, -0.15) is 0 Å². The van der Waals surface area contributed by atoms with E-state index in [0.29, 0.717) is 29.3 Å². The number of fused-ring (bicyclic) bond motifs is 3. The Morgan fingerprint density at radius 3 is 2.63 bits per heavy atom. The summed E-state index contributed by atoms with van der Waals surface area (Å²) in [4.78, 5) is 24.7. The van der Waals surface area contributed by atoms with Crippen LogP contribution in [0.5, 0.6) is 5.75 Å². The monoisotopic (exact) mass is 362 g/mol. The van der Waals surface area contributed by atoms with Crippen molar-refractivity contribution in [1.82, 2.24) is 0 Å². The molecule has 2 aromatic carbocycles. The number of ether oxygens (including phenoxy) is 3. The number of esters is 2. The summed E-state index contributed by atoms with van der Waals surface area (Å²) in [6.45, 7) is 2.03. The van der Waals surface area contributed by atoms with Gasteiger partial charge >= 0.3 is 11.9 Å². The first-order chi connectivity index (χ1) is 13.2. The number of benzene rings is 2. The average molecular weight is 362 g/mol. The van der Waals surface area contributed by atoms with E-state index in [9.17, 15) is 9.59 Å². The van der Waals surface area contributed by atoms with Gasteiger partial charge in [0.25, 0.3) is 0 Å². The van der Waals surface area contributed by atoms with Gasteiger partial charge in [-0.05, 0) is 13.0 Å². The second kappa shape index (κ2) is 7.11. The van der Waals surface area contributed by atoms with E-state index in [-0.39, 0.29) is 12.5 Å². The van der Waals surface area contributed by atoms with Crippen molar-refractivity contribution < 1.29 is 23.8 Å². The zero-order valence-corrected chi connectivity index (χ0v) is 14.8. The number of hydrogen-bond acceptors (Lipinski definition) is 5. The SMILES string of the molecule is CCOC(=O)/C=C1\CC2C(=C(c3ccccc3)O1)C(=O)Oc1ccccc12. The smallest absolute Gasteiger partial charge is 0.343 e. The first-order valence-electron chi connectivity index (χ1n) is 8.83. The van der Waals surface area contributed by atoms with E-state index >= 15 is 0 Å². The van der Waals surface area contributed by atoms with E-state index in [1.165, 1.54) is 6.08 Å². The van der Waals surface area contributed by atoms with E-state index in [0.717, 1.165) is 11.1 Å². The molecule has 2 aliphatic heterocycles. The van der Waals surface area contributed by atoms with Crippen LogP contribution in [0, 0.1) is 0 Å². The molecule has 0 spiro atoms. The zero-order valence-electron chi connectivity index (χ0n) is 14.8. The van der Waals surface area contributed by atoms with Crippen molar-refractivity contribution in [2.75, 3.05) is 6.61 Å². The van der Waals surface area contributed by atoms with Crippen LogP contribution in [0.1, 0.15) is 30.4 Å². The molecule has 0 saturated carbocycles. The summed E-state index contributed by atoms with van der Waals surface area (Å²) in [5.41, 5.74) is 2.13. The standard InChI is InChI=1S/C22H18O5/c1-2-25-19(23)13-15-12-17-16-10-6-7-11-18(16)27-22(24)20(17)21(26-15)14-8-4-3-5-9-14/h3-11,13,17H,2,12H2,1H3/b15-13+. The Kier molecular flexibility index (Phi) is 4.50. The molecule has 4 rings (SSSR count). The van der Waals surface area contributed by atoms with E-state index < -0.39 is 11.9 Å². The first-order valence-corrected chi connectivity index (χ1v) is 8.83. The average Bonchev–Trinajstić information content (AvgIpc) is 2.68. The van der Waals surface area contributed by atoms with Crippen molar-refractivity contribution in [3.8, 4) is 5.75 Å². The molecule has 0 fully saturated rings. The van der Waals surface area contributed by atoms with Crippen LogP contribution in [0.4, 0.5) is 0 Å². The Morgan fingerprint density at radius 2 is 1.85 bits per heavy atom. The van der Waals surface area contributed by atoms with Crippen LogP contribution >= 0.6 is 0 Å². The number of hydrogen-bond donors (Lipinski definition) is 0. The van der Waals surface area contributed by atoms with Gasteiger partial charge in [-0.3, -0.25) is 0 Å². The van der Waals surface area contributed by atoms with E-state index in [4.69, 9.17) is 14.2 Å². The van der Waals surface area contributed by atoms with Gasteiger partial charge in [0.2, 0.25) is 0 Å². The molecule has 1 unspecified atom stereocenters. The van der Waals surface area contributed by atoms with Gasteiger partial charge in [0.05, 0.1) is 18.3 Å². The number of rotatable bonds is 3. The van der Waals surface area contributed by atoms with Gasteiger partial charge in [0, 0.05) is 23.5 Å². The molecule has 27 heavy (non-hydrogen) atoms. The predicted molar refractivity (Wildman–Crippen MR) is 98.6 cm³/mol. The molecule has 2 aromatic rings. The second-order valence-electron chi connectivity index (χ2n) is 6.26. The van der Waals surface area contributed by atoms with Crippen molar-refractivity contribution in [3.63, 3.8) is 0 Å². The fraction of sp³-hybridized carbons (Fsp3) is 0.182. The maximum absolute atomic E-state index is 12.7. The molecule has 2 heterocycles. The Labute approximate surface area is 156 Å². The van der Waals surface area contributed by atoms with Crippen LogP contribution in [-0.4, -0.2) is 18.5 Å². The molecule has 0 aliphatic carbocycles. The highest BCUT2D eigenvalue weighted by Gasteiger charge is 2.40. The summed E-state index contributed by atoms with van der Waals surface area (Å²) in [6.07, 6.45) is 1.74. The molecular formula is C22H18O5. The lowest BCUT2D eigenvalue weighted by Gasteiger charge is -2.33. The van der Waals surface area contributed by atoms with Gasteiger partial charge in [0.15, 0.2) is 0 Å². The molecule has 0 saturated heterocycles. The molecule has 0 bridgehead atoms. The first kappa shape index (κ1) is 17.1. The molecule has 0 radical (unpaired) electrons. The summed E-state index contributed by atoms with van der Waals surface area (Å²) in [7, 11) is 0. The Bertz CT molecular complexity index is 956. The summed E-state index contributed by atoms with van der Waals surface area (Å²) in [6, 6.07) is 16.8. The molecule has 5 nitrogen and oxygen atoms in total. The van der Waals surface area contributed by atoms with Crippen LogP contribution < -0.4 is 4.74 Å². The van der Waals surface area contributed by atoms with Crippen molar-refractivity contribution in [2.24, 2.45) is 0 Å². The lowest BCUT2D eigenvalue weighted by Crippen LogP contribution is -2.28. The molecule has 0 aromatic heterocycles. The van der Waals surface area contributed by atoms with Crippen molar-refractivity contribution in [3.05, 3.63) is 83.1 Å². The van der Waals surface area contributed by atoms with Crippen molar-refractivity contribution in [2.45, 2.75) is 19.3 Å². The summed E-state index contributed by atoms with van der Waals surface area (Å²) < 4.78 is 16.5. The molecule has 5 heteroatoms. The molecule has 0 amide bonds. The minimum absolute atomic E-state index is 0.243.